The Hall–Kier alpha value is -1.75. The second-order valence-corrected chi connectivity index (χ2v) is 5.54. The molecule has 1 aliphatic carbocycles. The molecule has 21 heavy (non-hydrogen) atoms. The number of hydrogen-bond acceptors (Lipinski definition) is 4. The van der Waals surface area contributed by atoms with Crippen molar-refractivity contribution in [2.24, 2.45) is 5.73 Å². The lowest BCUT2D eigenvalue weighted by Gasteiger charge is -2.27. The van der Waals surface area contributed by atoms with Crippen LogP contribution in [0, 0.1) is 0 Å². The van der Waals surface area contributed by atoms with Crippen molar-refractivity contribution in [3.63, 3.8) is 0 Å². The zero-order chi connectivity index (χ0) is 15.2. The fourth-order valence-corrected chi connectivity index (χ4v) is 2.95. The molecule has 1 fully saturated rings. The van der Waals surface area contributed by atoms with Gasteiger partial charge in [-0.3, -0.25) is 9.69 Å². The summed E-state index contributed by atoms with van der Waals surface area (Å²) in [7, 11) is 0. The van der Waals surface area contributed by atoms with E-state index in [-0.39, 0.29) is 18.2 Å². The predicted octanol–water partition coefficient (Wildman–Crippen LogP) is 2.02. The van der Waals surface area contributed by atoms with E-state index >= 15 is 0 Å². The fraction of sp³-hybridized carbons (Fsp3) is 0.562. The highest BCUT2D eigenvalue weighted by Gasteiger charge is 2.24. The fourth-order valence-electron chi connectivity index (χ4n) is 2.95. The molecule has 1 aromatic carbocycles. The minimum Gasteiger partial charge on any atom is -0.504 e. The molecule has 0 spiro atoms. The smallest absolute Gasteiger partial charge is 0.231 e. The third kappa shape index (κ3) is 4.36. The molecule has 0 aliphatic heterocycles. The Bertz CT molecular complexity index is 484. The lowest BCUT2D eigenvalue weighted by Crippen LogP contribution is -2.39. The van der Waals surface area contributed by atoms with Crippen LogP contribution in [-0.2, 0) is 11.3 Å². The molecule has 1 aliphatic rings. The van der Waals surface area contributed by atoms with E-state index in [0.717, 1.165) is 18.4 Å². The van der Waals surface area contributed by atoms with Crippen LogP contribution in [-0.4, -0.2) is 35.1 Å². The molecule has 0 aromatic heterocycles. The molecular formula is C16H24N2O3. The molecule has 0 saturated heterocycles. The van der Waals surface area contributed by atoms with Gasteiger partial charge in [-0.25, -0.2) is 0 Å². The second-order valence-electron chi connectivity index (χ2n) is 5.54. The van der Waals surface area contributed by atoms with Crippen LogP contribution < -0.4 is 10.5 Å². The van der Waals surface area contributed by atoms with E-state index < -0.39 is 0 Å². The molecule has 1 aromatic rings. The molecule has 2 rings (SSSR count). The number of carbonyl (C=O) groups is 1. The van der Waals surface area contributed by atoms with Gasteiger partial charge < -0.3 is 15.6 Å². The first kappa shape index (κ1) is 15.6. The van der Waals surface area contributed by atoms with Gasteiger partial charge in [-0.1, -0.05) is 18.9 Å². The summed E-state index contributed by atoms with van der Waals surface area (Å²) in [6.45, 7) is 3.30. The van der Waals surface area contributed by atoms with Gasteiger partial charge in [0.2, 0.25) is 5.91 Å². The number of nitrogens with two attached hydrogens (primary N) is 1. The van der Waals surface area contributed by atoms with Crippen LogP contribution in [0.3, 0.4) is 0 Å². The number of primary amides is 1. The lowest BCUT2D eigenvalue weighted by atomic mass is 10.1. The van der Waals surface area contributed by atoms with E-state index in [4.69, 9.17) is 10.5 Å². The Morgan fingerprint density at radius 2 is 2.14 bits per heavy atom. The molecule has 0 bridgehead atoms. The zero-order valence-electron chi connectivity index (χ0n) is 12.5. The van der Waals surface area contributed by atoms with Gasteiger partial charge in [0.15, 0.2) is 11.5 Å². The van der Waals surface area contributed by atoms with Crippen LogP contribution >= 0.6 is 0 Å². The molecule has 5 heteroatoms. The molecule has 0 heterocycles. The van der Waals surface area contributed by atoms with Gasteiger partial charge in [-0.05, 0) is 37.5 Å². The number of phenols is 1. The normalized spacial score (nSPS) is 15.5. The quantitative estimate of drug-likeness (QED) is 0.806. The van der Waals surface area contributed by atoms with Crippen molar-refractivity contribution < 1.29 is 14.6 Å². The van der Waals surface area contributed by atoms with Crippen molar-refractivity contribution in [3.8, 4) is 11.5 Å². The SMILES string of the molecule is CCOc1cc(CN(CC(N)=O)C2CCCC2)ccc1O. The molecule has 5 nitrogen and oxygen atoms in total. The Balaban J connectivity index is 2.11. The standard InChI is InChI=1S/C16H24N2O3/c1-2-21-15-9-12(7-8-14(15)19)10-18(11-16(17)20)13-5-3-4-6-13/h7-9,13,19H,2-6,10-11H2,1H3,(H2,17,20). The maximum Gasteiger partial charge on any atom is 0.231 e. The summed E-state index contributed by atoms with van der Waals surface area (Å²) in [4.78, 5) is 13.4. The van der Waals surface area contributed by atoms with Gasteiger partial charge in [0, 0.05) is 12.6 Å². The van der Waals surface area contributed by atoms with Crippen molar-refractivity contribution in [2.45, 2.75) is 45.2 Å². The number of rotatable bonds is 7. The predicted molar refractivity (Wildman–Crippen MR) is 81.1 cm³/mol. The largest absolute Gasteiger partial charge is 0.504 e. The van der Waals surface area contributed by atoms with Crippen LogP contribution in [0.5, 0.6) is 11.5 Å². The number of hydrogen-bond donors (Lipinski definition) is 2. The monoisotopic (exact) mass is 292 g/mol. The van der Waals surface area contributed by atoms with E-state index in [2.05, 4.69) is 4.90 Å². The molecule has 0 radical (unpaired) electrons. The number of carbonyl (C=O) groups excluding carboxylic acids is 1. The van der Waals surface area contributed by atoms with Crippen LogP contribution in [0.1, 0.15) is 38.2 Å². The molecule has 0 atom stereocenters. The summed E-state index contributed by atoms with van der Waals surface area (Å²) < 4.78 is 5.41. The summed E-state index contributed by atoms with van der Waals surface area (Å²) in [5.41, 5.74) is 6.39. The first-order chi connectivity index (χ1) is 10.1. The van der Waals surface area contributed by atoms with E-state index in [1.54, 1.807) is 6.07 Å². The van der Waals surface area contributed by atoms with Crippen molar-refractivity contribution in [1.29, 1.82) is 0 Å². The first-order valence-electron chi connectivity index (χ1n) is 7.57. The molecule has 3 N–H and O–H groups in total. The van der Waals surface area contributed by atoms with Crippen LogP contribution in [0.25, 0.3) is 0 Å². The number of phenolic OH excluding ortho intramolecular Hbond substituents is 1. The average molecular weight is 292 g/mol. The molecular weight excluding hydrogens is 268 g/mol. The van der Waals surface area contributed by atoms with Gasteiger partial charge in [-0.2, -0.15) is 0 Å². The first-order valence-corrected chi connectivity index (χ1v) is 7.57. The Kier molecular flexibility index (Phi) is 5.44. The van der Waals surface area contributed by atoms with E-state index in [9.17, 15) is 9.90 Å². The van der Waals surface area contributed by atoms with E-state index in [1.165, 1.54) is 12.8 Å². The van der Waals surface area contributed by atoms with Crippen LogP contribution in [0.2, 0.25) is 0 Å². The van der Waals surface area contributed by atoms with E-state index in [0.29, 0.717) is 24.9 Å². The third-order valence-corrected chi connectivity index (χ3v) is 3.91. The van der Waals surface area contributed by atoms with Crippen molar-refractivity contribution in [2.75, 3.05) is 13.2 Å². The third-order valence-electron chi connectivity index (χ3n) is 3.91. The molecule has 116 valence electrons. The minimum absolute atomic E-state index is 0.142. The number of amides is 1. The number of nitrogens with zero attached hydrogens (tertiary/aromatic N) is 1. The Morgan fingerprint density at radius 1 is 1.43 bits per heavy atom. The van der Waals surface area contributed by atoms with Crippen LogP contribution in [0.4, 0.5) is 0 Å². The summed E-state index contributed by atoms with van der Waals surface area (Å²) >= 11 is 0. The van der Waals surface area contributed by atoms with Gasteiger partial charge in [0.1, 0.15) is 0 Å². The summed E-state index contributed by atoms with van der Waals surface area (Å²) in [5.74, 6) is 0.328. The molecule has 1 saturated carbocycles. The summed E-state index contributed by atoms with van der Waals surface area (Å²) in [6, 6.07) is 5.75. The zero-order valence-corrected chi connectivity index (χ0v) is 12.5. The summed E-state index contributed by atoms with van der Waals surface area (Å²) in [6.07, 6.45) is 4.65. The van der Waals surface area contributed by atoms with E-state index in [1.807, 2.05) is 19.1 Å². The minimum atomic E-state index is -0.300. The topological polar surface area (TPSA) is 75.8 Å². The Labute approximate surface area is 125 Å². The van der Waals surface area contributed by atoms with Crippen molar-refractivity contribution >= 4 is 5.91 Å². The number of benzene rings is 1. The highest BCUT2D eigenvalue weighted by atomic mass is 16.5. The average Bonchev–Trinajstić information content (AvgIpc) is 2.95. The maximum absolute atomic E-state index is 11.3. The van der Waals surface area contributed by atoms with Crippen molar-refractivity contribution in [1.82, 2.24) is 4.90 Å². The van der Waals surface area contributed by atoms with Crippen molar-refractivity contribution in [3.05, 3.63) is 23.8 Å². The summed E-state index contributed by atoms with van der Waals surface area (Å²) in [5, 5.41) is 9.74. The highest BCUT2D eigenvalue weighted by molar-refractivity contribution is 5.76. The Morgan fingerprint density at radius 3 is 2.76 bits per heavy atom. The molecule has 1 amide bonds. The highest BCUT2D eigenvalue weighted by Crippen LogP contribution is 2.29. The lowest BCUT2D eigenvalue weighted by molar-refractivity contribution is -0.119. The van der Waals surface area contributed by atoms with Gasteiger partial charge in [0.05, 0.1) is 13.2 Å². The number of ether oxygens (including phenoxy) is 1. The maximum atomic E-state index is 11.3. The van der Waals surface area contributed by atoms with Crippen LogP contribution in [0.15, 0.2) is 18.2 Å². The van der Waals surface area contributed by atoms with Gasteiger partial charge in [0.25, 0.3) is 0 Å². The molecule has 0 unspecified atom stereocenters. The number of aromatic hydroxyl groups is 1. The van der Waals surface area contributed by atoms with Gasteiger partial charge in [-0.15, -0.1) is 0 Å². The van der Waals surface area contributed by atoms with Gasteiger partial charge >= 0.3 is 0 Å². The second kappa shape index (κ2) is 7.31.